The minimum atomic E-state index is -1.25. The molecule has 0 saturated carbocycles. The number of benzene rings is 2. The molecule has 2 N–H and O–H groups in total. The average molecular weight is 266 g/mol. The van der Waals surface area contributed by atoms with Crippen molar-refractivity contribution in [2.45, 2.75) is 5.60 Å². The Balaban J connectivity index is 2.46. The Hall–Kier alpha value is -2.08. The van der Waals surface area contributed by atoms with Crippen molar-refractivity contribution in [3.8, 4) is 11.8 Å². The summed E-state index contributed by atoms with van der Waals surface area (Å²) in [5.74, 6) is 6.13. The van der Waals surface area contributed by atoms with E-state index in [-0.39, 0.29) is 0 Å². The Morgan fingerprint density at radius 2 is 1.35 bits per heavy atom. The van der Waals surface area contributed by atoms with Gasteiger partial charge in [0.2, 0.25) is 0 Å². The molecule has 0 heterocycles. The molecule has 0 radical (unpaired) electrons. The van der Waals surface area contributed by atoms with E-state index in [0.717, 1.165) is 11.1 Å². The Labute approximate surface area is 120 Å². The SMILES string of the molecule is C[NH+](C)CC#CC(O)(c1ccccc1)c1ccccc1. The van der Waals surface area contributed by atoms with Gasteiger partial charge in [0, 0.05) is 11.1 Å². The number of aliphatic hydroxyl groups is 1. The Morgan fingerprint density at radius 1 is 0.900 bits per heavy atom. The Bertz CT molecular complexity index is 554. The maximum absolute atomic E-state index is 11.1. The normalized spacial score (nSPS) is 11.0. The fourth-order valence-electron chi connectivity index (χ4n) is 2.02. The summed E-state index contributed by atoms with van der Waals surface area (Å²) in [7, 11) is 4.08. The van der Waals surface area contributed by atoms with Crippen LogP contribution >= 0.6 is 0 Å². The molecule has 20 heavy (non-hydrogen) atoms. The molecule has 2 nitrogen and oxygen atoms in total. The van der Waals surface area contributed by atoms with Crippen molar-refractivity contribution < 1.29 is 10.0 Å². The van der Waals surface area contributed by atoms with Crippen molar-refractivity contribution in [2.24, 2.45) is 0 Å². The van der Waals surface area contributed by atoms with E-state index >= 15 is 0 Å². The van der Waals surface area contributed by atoms with E-state index in [2.05, 4.69) is 11.8 Å². The van der Waals surface area contributed by atoms with Gasteiger partial charge in [-0.15, -0.1) is 0 Å². The molecule has 2 heteroatoms. The van der Waals surface area contributed by atoms with Crippen LogP contribution in [0.15, 0.2) is 60.7 Å². The van der Waals surface area contributed by atoms with Crippen molar-refractivity contribution in [1.29, 1.82) is 0 Å². The van der Waals surface area contributed by atoms with Crippen LogP contribution in [0.2, 0.25) is 0 Å². The van der Waals surface area contributed by atoms with Gasteiger partial charge in [0.15, 0.2) is 5.60 Å². The molecular weight excluding hydrogens is 246 g/mol. The van der Waals surface area contributed by atoms with Crippen LogP contribution < -0.4 is 4.90 Å². The zero-order chi connectivity index (χ0) is 14.4. The highest BCUT2D eigenvalue weighted by molar-refractivity contribution is 5.44. The van der Waals surface area contributed by atoms with E-state index in [0.29, 0.717) is 6.54 Å². The molecule has 0 atom stereocenters. The molecule has 2 aromatic rings. The fraction of sp³-hybridized carbons (Fsp3) is 0.222. The van der Waals surface area contributed by atoms with Crippen LogP contribution in [0.25, 0.3) is 0 Å². The molecule has 0 saturated heterocycles. The average Bonchev–Trinajstić information content (AvgIpc) is 2.48. The van der Waals surface area contributed by atoms with Crippen molar-refractivity contribution in [3.05, 3.63) is 71.8 Å². The van der Waals surface area contributed by atoms with Crippen LogP contribution in [0.4, 0.5) is 0 Å². The maximum Gasteiger partial charge on any atom is 0.177 e. The molecule has 0 amide bonds. The third kappa shape index (κ3) is 3.27. The first-order valence-electron chi connectivity index (χ1n) is 6.75. The van der Waals surface area contributed by atoms with Crippen molar-refractivity contribution in [3.63, 3.8) is 0 Å². The van der Waals surface area contributed by atoms with Gasteiger partial charge in [0.25, 0.3) is 0 Å². The number of quaternary nitrogens is 1. The topological polar surface area (TPSA) is 24.7 Å². The van der Waals surface area contributed by atoms with Gasteiger partial charge in [-0.1, -0.05) is 66.6 Å². The second kappa shape index (κ2) is 6.38. The van der Waals surface area contributed by atoms with E-state index < -0.39 is 5.60 Å². The predicted molar refractivity (Wildman–Crippen MR) is 81.3 cm³/mol. The van der Waals surface area contributed by atoms with Gasteiger partial charge >= 0.3 is 0 Å². The van der Waals surface area contributed by atoms with Crippen LogP contribution in [0, 0.1) is 11.8 Å². The van der Waals surface area contributed by atoms with E-state index in [1.165, 1.54) is 4.90 Å². The van der Waals surface area contributed by atoms with Gasteiger partial charge in [-0.25, -0.2) is 0 Å². The number of rotatable bonds is 3. The van der Waals surface area contributed by atoms with Gasteiger partial charge in [0.1, 0.15) is 6.54 Å². The largest absolute Gasteiger partial charge is 0.369 e. The van der Waals surface area contributed by atoms with Crippen molar-refractivity contribution in [2.75, 3.05) is 20.6 Å². The van der Waals surface area contributed by atoms with E-state index in [1.807, 2.05) is 74.8 Å². The van der Waals surface area contributed by atoms with Crippen molar-refractivity contribution >= 4 is 0 Å². The molecule has 0 unspecified atom stereocenters. The number of hydrogen-bond acceptors (Lipinski definition) is 1. The van der Waals surface area contributed by atoms with Gasteiger partial charge in [0.05, 0.1) is 14.1 Å². The summed E-state index contributed by atoms with van der Waals surface area (Å²) >= 11 is 0. The van der Waals surface area contributed by atoms with Crippen molar-refractivity contribution in [1.82, 2.24) is 0 Å². The molecule has 0 fully saturated rings. The molecule has 2 rings (SSSR count). The van der Waals surface area contributed by atoms with Gasteiger partial charge in [-0.2, -0.15) is 0 Å². The molecule has 0 aliphatic carbocycles. The predicted octanol–water partition coefficient (Wildman–Crippen LogP) is 1.07. The fourth-order valence-corrected chi connectivity index (χ4v) is 2.02. The first kappa shape index (κ1) is 14.3. The smallest absolute Gasteiger partial charge is 0.177 e. The summed E-state index contributed by atoms with van der Waals surface area (Å²) in [5, 5.41) is 11.1. The third-order valence-corrected chi connectivity index (χ3v) is 3.09. The summed E-state index contributed by atoms with van der Waals surface area (Å²) < 4.78 is 0. The maximum atomic E-state index is 11.1. The lowest BCUT2D eigenvalue weighted by molar-refractivity contribution is -0.850. The van der Waals surface area contributed by atoms with E-state index in [9.17, 15) is 5.11 Å². The molecular formula is C18H20NO+. The Kier molecular flexibility index (Phi) is 4.57. The number of hydrogen-bond donors (Lipinski definition) is 2. The summed E-state index contributed by atoms with van der Waals surface area (Å²) in [6.07, 6.45) is 0. The monoisotopic (exact) mass is 266 g/mol. The molecule has 0 bridgehead atoms. The molecule has 0 aromatic heterocycles. The summed E-state index contributed by atoms with van der Waals surface area (Å²) in [6.45, 7) is 0.696. The number of nitrogens with one attached hydrogen (secondary N) is 1. The van der Waals surface area contributed by atoms with Gasteiger partial charge < -0.3 is 10.0 Å². The van der Waals surface area contributed by atoms with Gasteiger partial charge in [-0.3, -0.25) is 0 Å². The first-order chi connectivity index (χ1) is 9.63. The highest BCUT2D eigenvalue weighted by atomic mass is 16.3. The van der Waals surface area contributed by atoms with Gasteiger partial charge in [-0.05, 0) is 5.92 Å². The lowest BCUT2D eigenvalue weighted by Gasteiger charge is -2.23. The van der Waals surface area contributed by atoms with E-state index in [1.54, 1.807) is 0 Å². The summed E-state index contributed by atoms with van der Waals surface area (Å²) in [5.41, 5.74) is 0.345. The zero-order valence-electron chi connectivity index (χ0n) is 11.9. The quantitative estimate of drug-likeness (QED) is 0.798. The van der Waals surface area contributed by atoms with Crippen LogP contribution in [0.3, 0.4) is 0 Å². The minimum Gasteiger partial charge on any atom is -0.369 e. The Morgan fingerprint density at radius 3 is 1.75 bits per heavy atom. The third-order valence-electron chi connectivity index (χ3n) is 3.09. The minimum absolute atomic E-state index is 0.696. The molecule has 102 valence electrons. The highest BCUT2D eigenvalue weighted by Gasteiger charge is 2.28. The second-order valence-electron chi connectivity index (χ2n) is 5.13. The van der Waals surface area contributed by atoms with E-state index in [4.69, 9.17) is 0 Å². The van der Waals surface area contributed by atoms with Crippen LogP contribution in [0.1, 0.15) is 11.1 Å². The molecule has 0 aliphatic heterocycles. The summed E-state index contributed by atoms with van der Waals surface area (Å²) in [4.78, 5) is 1.24. The van der Waals surface area contributed by atoms with Crippen LogP contribution in [0.5, 0.6) is 0 Å². The lowest BCUT2D eigenvalue weighted by atomic mass is 9.87. The first-order valence-corrected chi connectivity index (χ1v) is 6.75. The standard InChI is InChI=1S/C18H19NO/c1-19(2)15-9-14-18(20,16-10-5-3-6-11-16)17-12-7-4-8-13-17/h3-8,10-13,20H,15H2,1-2H3/p+1. The lowest BCUT2D eigenvalue weighted by Crippen LogP contribution is -3.05. The highest BCUT2D eigenvalue weighted by Crippen LogP contribution is 2.28. The molecule has 0 spiro atoms. The summed E-state index contributed by atoms with van der Waals surface area (Å²) in [6, 6.07) is 19.2. The van der Waals surface area contributed by atoms with Crippen LogP contribution in [-0.2, 0) is 5.60 Å². The van der Waals surface area contributed by atoms with Crippen LogP contribution in [-0.4, -0.2) is 25.7 Å². The molecule has 0 aliphatic rings. The second-order valence-corrected chi connectivity index (χ2v) is 5.13. The molecule has 2 aromatic carbocycles. The zero-order valence-corrected chi connectivity index (χ0v) is 11.9.